The van der Waals surface area contributed by atoms with Gasteiger partial charge in [0.15, 0.2) is 0 Å². The number of anilines is 3. The summed E-state index contributed by atoms with van der Waals surface area (Å²) >= 11 is 1.84. The predicted octanol–water partition coefficient (Wildman–Crippen LogP) is 13.0. The third-order valence-corrected chi connectivity index (χ3v) is 11.4. The Labute approximate surface area is 302 Å². The molecule has 5 heterocycles. The van der Waals surface area contributed by atoms with Crippen LogP contribution in [0.25, 0.3) is 81.4 Å². The number of furan rings is 2. The van der Waals surface area contributed by atoms with Gasteiger partial charge in [0.25, 0.3) is 0 Å². The van der Waals surface area contributed by atoms with Crippen LogP contribution in [0.5, 0.6) is 0 Å². The van der Waals surface area contributed by atoms with E-state index in [2.05, 4.69) is 143 Å². The van der Waals surface area contributed by atoms with Gasteiger partial charge in [0, 0.05) is 89.5 Å². The average molecular weight is 688 g/mol. The fourth-order valence-corrected chi connectivity index (χ4v) is 8.97. The van der Waals surface area contributed by atoms with E-state index in [1.54, 1.807) is 6.20 Å². The van der Waals surface area contributed by atoms with E-state index in [0.717, 1.165) is 84.5 Å². The summed E-state index contributed by atoms with van der Waals surface area (Å²) in [6.07, 6.45) is 7.62. The number of pyridine rings is 1. The molecule has 6 heteroatoms. The molecule has 0 unspecified atom stereocenters. The zero-order chi connectivity index (χ0) is 34.2. The van der Waals surface area contributed by atoms with Crippen molar-refractivity contribution >= 4 is 87.6 Å². The normalized spacial score (nSPS) is 12.6. The van der Waals surface area contributed by atoms with Gasteiger partial charge < -0.3 is 19.1 Å². The maximum Gasteiger partial charge on any atom is 0.143 e. The van der Waals surface area contributed by atoms with Crippen molar-refractivity contribution in [2.24, 2.45) is 0 Å². The minimum atomic E-state index is 0.767. The Balaban J connectivity index is 1.06. The molecule has 0 aliphatic carbocycles. The van der Waals surface area contributed by atoms with Crippen molar-refractivity contribution in [2.45, 2.75) is 6.54 Å². The smallest absolute Gasteiger partial charge is 0.143 e. The lowest BCUT2D eigenvalue weighted by Crippen LogP contribution is -2.10. The number of hydrogen-bond acceptors (Lipinski definition) is 6. The molecule has 0 amide bonds. The Morgan fingerprint density at radius 2 is 1.27 bits per heavy atom. The summed E-state index contributed by atoms with van der Waals surface area (Å²) in [5.41, 5.74) is 11.5. The van der Waals surface area contributed by atoms with E-state index < -0.39 is 0 Å². The Morgan fingerprint density at radius 1 is 0.596 bits per heavy atom. The van der Waals surface area contributed by atoms with Gasteiger partial charge in [0.05, 0.1) is 5.69 Å². The molecule has 0 atom stereocenters. The van der Waals surface area contributed by atoms with Gasteiger partial charge in [-0.1, -0.05) is 84.9 Å². The number of nitrogens with one attached hydrogen (secondary N) is 1. The van der Waals surface area contributed by atoms with Gasteiger partial charge in [-0.15, -0.1) is 11.3 Å². The quantitative estimate of drug-likeness (QED) is 0.195. The van der Waals surface area contributed by atoms with Crippen LogP contribution in [-0.4, -0.2) is 4.98 Å². The number of fused-ring (bicyclic) bond motifs is 9. The summed E-state index contributed by atoms with van der Waals surface area (Å²) in [4.78, 5) is 6.72. The molecule has 4 aromatic heterocycles. The molecular weight excluding hydrogens is 659 g/mol. The summed E-state index contributed by atoms with van der Waals surface area (Å²) in [6.45, 7) is 0.767. The molecule has 1 N–H and O–H groups in total. The number of para-hydroxylation sites is 2. The van der Waals surface area contributed by atoms with Gasteiger partial charge in [-0.25, -0.2) is 0 Å². The van der Waals surface area contributed by atoms with Crippen LogP contribution in [0.4, 0.5) is 17.1 Å². The van der Waals surface area contributed by atoms with E-state index >= 15 is 0 Å². The Morgan fingerprint density at radius 3 is 2.06 bits per heavy atom. The lowest BCUT2D eigenvalue weighted by Gasteiger charge is -2.27. The highest BCUT2D eigenvalue weighted by Gasteiger charge is 2.21. The molecule has 5 nitrogen and oxygen atoms in total. The van der Waals surface area contributed by atoms with Crippen LogP contribution < -0.4 is 10.2 Å². The van der Waals surface area contributed by atoms with Gasteiger partial charge in [0.1, 0.15) is 22.5 Å². The molecule has 0 bridgehead atoms. The monoisotopic (exact) mass is 687 g/mol. The first-order chi connectivity index (χ1) is 25.8. The summed E-state index contributed by atoms with van der Waals surface area (Å²) in [5.74, 6) is 0.928. The van der Waals surface area contributed by atoms with Crippen molar-refractivity contribution in [1.82, 2.24) is 10.3 Å². The highest BCUT2D eigenvalue weighted by molar-refractivity contribution is 7.26. The molecule has 52 heavy (non-hydrogen) atoms. The molecule has 0 spiro atoms. The summed E-state index contributed by atoms with van der Waals surface area (Å²) in [5, 5.41) is 9.09. The van der Waals surface area contributed by atoms with Gasteiger partial charge >= 0.3 is 0 Å². The second-order valence-electron chi connectivity index (χ2n) is 13.2. The average Bonchev–Trinajstić information content (AvgIpc) is 3.90. The van der Waals surface area contributed by atoms with Crippen molar-refractivity contribution in [3.05, 3.63) is 163 Å². The second kappa shape index (κ2) is 11.5. The van der Waals surface area contributed by atoms with E-state index in [-0.39, 0.29) is 0 Å². The largest absolute Gasteiger partial charge is 0.456 e. The lowest BCUT2D eigenvalue weighted by molar-refractivity contribution is 0.593. The fourth-order valence-electron chi connectivity index (χ4n) is 7.85. The minimum Gasteiger partial charge on any atom is -0.456 e. The van der Waals surface area contributed by atoms with Crippen molar-refractivity contribution in [2.75, 3.05) is 4.90 Å². The van der Waals surface area contributed by atoms with Crippen LogP contribution in [0.1, 0.15) is 11.3 Å². The van der Waals surface area contributed by atoms with E-state index in [9.17, 15) is 0 Å². The van der Waals surface area contributed by atoms with Gasteiger partial charge in [0.2, 0.25) is 0 Å². The first-order valence-electron chi connectivity index (χ1n) is 17.4. The van der Waals surface area contributed by atoms with Crippen LogP contribution in [0.3, 0.4) is 0 Å². The molecule has 11 rings (SSSR count). The Kier molecular flexibility index (Phi) is 6.42. The maximum absolute atomic E-state index is 6.42. The van der Waals surface area contributed by atoms with Crippen LogP contribution >= 0.6 is 11.3 Å². The number of benzene rings is 6. The predicted molar refractivity (Wildman–Crippen MR) is 216 cm³/mol. The first-order valence-corrected chi connectivity index (χ1v) is 18.2. The molecule has 1 aliphatic rings. The second-order valence-corrected chi connectivity index (χ2v) is 14.3. The summed E-state index contributed by atoms with van der Waals surface area (Å²) in [7, 11) is 0. The summed E-state index contributed by atoms with van der Waals surface area (Å²) in [6, 6.07) is 47.7. The molecule has 0 fully saturated rings. The van der Waals surface area contributed by atoms with Crippen LogP contribution in [0, 0.1) is 0 Å². The van der Waals surface area contributed by atoms with E-state index in [0.29, 0.717) is 0 Å². The highest BCUT2D eigenvalue weighted by atomic mass is 32.1. The molecule has 6 aromatic carbocycles. The van der Waals surface area contributed by atoms with E-state index in [1.165, 1.54) is 25.7 Å². The molecule has 0 radical (unpaired) electrons. The number of aromatic nitrogens is 1. The van der Waals surface area contributed by atoms with Crippen molar-refractivity contribution < 1.29 is 8.83 Å². The lowest BCUT2D eigenvalue weighted by atomic mass is 10.00. The standard InChI is InChI=1S/C46H29N3O2S/c1-2-12-42-36(6-1)44-39(11-5-13-43(44)52-42)49(30-18-14-28(15-19-30)32-7-3-9-34-37-26-47-24-22-40(37)50-45(32)34)31-20-16-29(17-21-31)33-8-4-10-35-38-27-48-25-23-41(38)51-46(33)35/h1-26,48H,27H2. The van der Waals surface area contributed by atoms with Crippen LogP contribution in [0.15, 0.2) is 161 Å². The van der Waals surface area contributed by atoms with Gasteiger partial charge in [-0.05, 0) is 65.7 Å². The van der Waals surface area contributed by atoms with E-state index in [1.807, 2.05) is 35.9 Å². The number of hydrogen-bond donors (Lipinski definition) is 1. The van der Waals surface area contributed by atoms with Gasteiger partial charge in [-0.2, -0.15) is 0 Å². The summed E-state index contributed by atoms with van der Waals surface area (Å²) < 4.78 is 15.3. The number of nitrogens with zero attached hydrogens (tertiary/aromatic N) is 2. The Bertz CT molecular complexity index is 3020. The molecule has 0 saturated carbocycles. The number of thiophene rings is 1. The van der Waals surface area contributed by atoms with E-state index in [4.69, 9.17) is 8.83 Å². The molecule has 246 valence electrons. The fraction of sp³-hybridized carbons (Fsp3) is 0.0217. The number of rotatable bonds is 5. The van der Waals surface area contributed by atoms with Crippen molar-refractivity contribution in [3.63, 3.8) is 0 Å². The van der Waals surface area contributed by atoms with Gasteiger partial charge in [-0.3, -0.25) is 4.98 Å². The molecule has 1 aliphatic heterocycles. The SMILES string of the molecule is C1=Cc2oc3c(-c4ccc(N(c5ccc(-c6cccc7c6oc6ccncc67)cc5)c5cccc6sc7ccccc7c56)cc4)cccc3c2CN1. The third-order valence-electron chi connectivity index (χ3n) is 10.3. The topological polar surface area (TPSA) is 54.4 Å². The van der Waals surface area contributed by atoms with Crippen molar-refractivity contribution in [3.8, 4) is 22.3 Å². The van der Waals surface area contributed by atoms with Crippen molar-refractivity contribution in [1.29, 1.82) is 0 Å². The molecular formula is C46H29N3O2S. The Hall–Kier alpha value is -6.63. The molecule has 10 aromatic rings. The van der Waals surface area contributed by atoms with Crippen LogP contribution in [0.2, 0.25) is 0 Å². The third kappa shape index (κ3) is 4.44. The minimum absolute atomic E-state index is 0.767. The highest BCUT2D eigenvalue weighted by Crippen LogP contribution is 2.46. The van der Waals surface area contributed by atoms with Crippen LogP contribution in [-0.2, 0) is 6.54 Å². The first kappa shape index (κ1) is 29.1. The zero-order valence-corrected chi connectivity index (χ0v) is 28.7. The zero-order valence-electron chi connectivity index (χ0n) is 27.8. The maximum atomic E-state index is 6.42. The molecule has 0 saturated heterocycles.